The molecule has 7 nitrogen and oxygen atoms in total. The summed E-state index contributed by atoms with van der Waals surface area (Å²) in [7, 11) is 0. The van der Waals surface area contributed by atoms with Crippen molar-refractivity contribution in [1.82, 2.24) is 14.9 Å². The van der Waals surface area contributed by atoms with E-state index in [1.165, 1.54) is 11.1 Å². The number of nitrogens with zero attached hydrogens (tertiary/aromatic N) is 5. The van der Waals surface area contributed by atoms with E-state index < -0.39 is 6.09 Å². The number of hydrogen-bond donors (Lipinski definition) is 1. The minimum atomic E-state index is -0.847. The SMILES string of the molecule is N#Cc1cnc(N2CC3CC(C2)N(C(=O)O)C3)cn1. The van der Waals surface area contributed by atoms with Crippen molar-refractivity contribution < 1.29 is 9.90 Å². The molecule has 0 aromatic carbocycles. The van der Waals surface area contributed by atoms with Crippen LogP contribution in [-0.4, -0.2) is 51.7 Å². The molecule has 2 saturated heterocycles. The number of hydrogen-bond acceptors (Lipinski definition) is 5. The van der Waals surface area contributed by atoms with Crippen LogP contribution in [0, 0.1) is 17.2 Å². The maximum absolute atomic E-state index is 11.1. The summed E-state index contributed by atoms with van der Waals surface area (Å²) in [5.74, 6) is 1.06. The van der Waals surface area contributed by atoms with Gasteiger partial charge in [-0.05, 0) is 12.3 Å². The number of aromatic nitrogens is 2. The van der Waals surface area contributed by atoms with E-state index in [0.29, 0.717) is 24.8 Å². The number of carboxylic acid groups (broad SMARTS) is 1. The molecule has 2 atom stereocenters. The van der Waals surface area contributed by atoms with Crippen LogP contribution in [0.25, 0.3) is 0 Å². The molecule has 3 rings (SSSR count). The van der Waals surface area contributed by atoms with E-state index in [4.69, 9.17) is 10.4 Å². The Kier molecular flexibility index (Phi) is 2.71. The van der Waals surface area contributed by atoms with Gasteiger partial charge in [0.2, 0.25) is 0 Å². The summed E-state index contributed by atoms with van der Waals surface area (Å²) < 4.78 is 0. The Hall–Kier alpha value is -2.36. The minimum Gasteiger partial charge on any atom is -0.465 e. The van der Waals surface area contributed by atoms with Crippen molar-refractivity contribution >= 4 is 11.9 Å². The van der Waals surface area contributed by atoms with Gasteiger partial charge in [-0.25, -0.2) is 14.8 Å². The van der Waals surface area contributed by atoms with Gasteiger partial charge in [0.05, 0.1) is 18.4 Å². The van der Waals surface area contributed by atoms with Gasteiger partial charge in [0, 0.05) is 19.6 Å². The maximum atomic E-state index is 11.1. The molecule has 7 heteroatoms. The molecule has 98 valence electrons. The fourth-order valence-electron chi connectivity index (χ4n) is 2.92. The highest BCUT2D eigenvalue weighted by Crippen LogP contribution is 2.31. The normalized spacial score (nSPS) is 25.2. The summed E-state index contributed by atoms with van der Waals surface area (Å²) in [6.45, 7) is 2.03. The predicted molar refractivity (Wildman–Crippen MR) is 65.6 cm³/mol. The molecule has 0 spiro atoms. The lowest BCUT2D eigenvalue weighted by atomic mass is 10.0. The van der Waals surface area contributed by atoms with Crippen molar-refractivity contribution in [2.75, 3.05) is 24.5 Å². The fraction of sp³-hybridized carbons (Fsp3) is 0.500. The van der Waals surface area contributed by atoms with Crippen LogP contribution in [-0.2, 0) is 0 Å². The molecule has 2 fully saturated rings. The highest BCUT2D eigenvalue weighted by atomic mass is 16.4. The van der Waals surface area contributed by atoms with Crippen molar-refractivity contribution in [3.63, 3.8) is 0 Å². The summed E-state index contributed by atoms with van der Waals surface area (Å²) in [6.07, 6.45) is 3.10. The molecule has 3 heterocycles. The number of amides is 1. The topological polar surface area (TPSA) is 93.4 Å². The molecule has 1 amide bonds. The van der Waals surface area contributed by atoms with Crippen molar-refractivity contribution in [1.29, 1.82) is 5.26 Å². The number of nitriles is 1. The van der Waals surface area contributed by atoms with E-state index in [-0.39, 0.29) is 11.7 Å². The molecule has 0 aliphatic carbocycles. The summed E-state index contributed by atoms with van der Waals surface area (Å²) >= 11 is 0. The second-order valence-electron chi connectivity index (χ2n) is 4.97. The number of likely N-dealkylation sites (tertiary alicyclic amines) is 1. The van der Waals surface area contributed by atoms with E-state index in [1.54, 1.807) is 6.20 Å². The van der Waals surface area contributed by atoms with Crippen LogP contribution < -0.4 is 4.90 Å². The Balaban J connectivity index is 1.77. The monoisotopic (exact) mass is 259 g/mol. The number of piperidine rings is 1. The molecule has 2 aliphatic heterocycles. The lowest BCUT2D eigenvalue weighted by Crippen LogP contribution is -2.44. The van der Waals surface area contributed by atoms with Gasteiger partial charge in [-0.1, -0.05) is 0 Å². The lowest BCUT2D eigenvalue weighted by molar-refractivity contribution is 0.142. The predicted octanol–water partition coefficient (Wildman–Crippen LogP) is 0.537. The van der Waals surface area contributed by atoms with Crippen molar-refractivity contribution in [2.45, 2.75) is 12.5 Å². The van der Waals surface area contributed by atoms with Crippen LogP contribution in [0.15, 0.2) is 12.4 Å². The first-order chi connectivity index (χ1) is 9.17. The van der Waals surface area contributed by atoms with Gasteiger partial charge in [0.25, 0.3) is 0 Å². The molecule has 1 aromatic rings. The Morgan fingerprint density at radius 3 is 2.84 bits per heavy atom. The first-order valence-corrected chi connectivity index (χ1v) is 6.14. The first kappa shape index (κ1) is 11.7. The fourth-order valence-corrected chi connectivity index (χ4v) is 2.92. The summed E-state index contributed by atoms with van der Waals surface area (Å²) in [5.41, 5.74) is 0.288. The Bertz CT molecular complexity index is 538. The van der Waals surface area contributed by atoms with Gasteiger partial charge in [0.1, 0.15) is 11.9 Å². The highest BCUT2D eigenvalue weighted by Gasteiger charge is 2.41. The van der Waals surface area contributed by atoms with Gasteiger partial charge >= 0.3 is 6.09 Å². The molecule has 19 heavy (non-hydrogen) atoms. The molecule has 2 unspecified atom stereocenters. The summed E-state index contributed by atoms with van der Waals surface area (Å²) in [6, 6.07) is 1.97. The zero-order valence-electron chi connectivity index (χ0n) is 10.2. The second-order valence-corrected chi connectivity index (χ2v) is 4.97. The van der Waals surface area contributed by atoms with Crippen molar-refractivity contribution in [2.24, 2.45) is 5.92 Å². The van der Waals surface area contributed by atoms with Crippen LogP contribution in [0.3, 0.4) is 0 Å². The summed E-state index contributed by atoms with van der Waals surface area (Å²) in [5, 5.41) is 17.8. The molecule has 2 aliphatic rings. The molecular weight excluding hydrogens is 246 g/mol. The van der Waals surface area contributed by atoms with Gasteiger partial charge in [-0.3, -0.25) is 0 Å². The third-order valence-corrected chi connectivity index (χ3v) is 3.73. The average molecular weight is 259 g/mol. The van der Waals surface area contributed by atoms with Crippen molar-refractivity contribution in [3.8, 4) is 6.07 Å². The van der Waals surface area contributed by atoms with E-state index in [1.807, 2.05) is 6.07 Å². The molecule has 0 saturated carbocycles. The molecule has 2 bridgehead atoms. The summed E-state index contributed by atoms with van der Waals surface area (Å²) in [4.78, 5) is 22.9. The lowest BCUT2D eigenvalue weighted by Gasteiger charge is -2.32. The van der Waals surface area contributed by atoms with E-state index in [0.717, 1.165) is 13.0 Å². The Morgan fingerprint density at radius 2 is 2.21 bits per heavy atom. The Morgan fingerprint density at radius 1 is 1.37 bits per heavy atom. The zero-order chi connectivity index (χ0) is 13.4. The zero-order valence-corrected chi connectivity index (χ0v) is 10.2. The number of anilines is 1. The number of fused-ring (bicyclic) bond motifs is 2. The number of carbonyl (C=O) groups is 1. The van der Waals surface area contributed by atoms with Crippen LogP contribution >= 0.6 is 0 Å². The van der Waals surface area contributed by atoms with E-state index >= 15 is 0 Å². The number of rotatable bonds is 1. The van der Waals surface area contributed by atoms with Crippen molar-refractivity contribution in [3.05, 3.63) is 18.1 Å². The maximum Gasteiger partial charge on any atom is 0.407 e. The largest absolute Gasteiger partial charge is 0.465 e. The van der Waals surface area contributed by atoms with E-state index in [2.05, 4.69) is 14.9 Å². The third kappa shape index (κ3) is 2.05. The van der Waals surface area contributed by atoms with Gasteiger partial charge in [-0.15, -0.1) is 0 Å². The van der Waals surface area contributed by atoms with Crippen LogP contribution in [0.2, 0.25) is 0 Å². The second kappa shape index (κ2) is 4.39. The first-order valence-electron chi connectivity index (χ1n) is 6.14. The standard InChI is InChI=1S/C12H13N5O2/c13-2-9-3-15-11(4-14-9)16-5-8-1-10(7-16)17(6-8)12(18)19/h3-4,8,10H,1,5-7H2,(H,18,19). The van der Waals surface area contributed by atoms with Crippen LogP contribution in [0.4, 0.5) is 10.6 Å². The van der Waals surface area contributed by atoms with E-state index in [9.17, 15) is 4.79 Å². The highest BCUT2D eigenvalue weighted by molar-refractivity contribution is 5.66. The molecule has 0 radical (unpaired) electrons. The minimum absolute atomic E-state index is 0.0358. The third-order valence-electron chi connectivity index (χ3n) is 3.73. The van der Waals surface area contributed by atoms with Crippen LogP contribution in [0.1, 0.15) is 12.1 Å². The average Bonchev–Trinajstić information content (AvgIpc) is 2.73. The quantitative estimate of drug-likeness (QED) is 0.791. The Labute approximate surface area is 110 Å². The van der Waals surface area contributed by atoms with Gasteiger partial charge in [0.15, 0.2) is 5.69 Å². The smallest absolute Gasteiger partial charge is 0.407 e. The molecular formula is C12H13N5O2. The van der Waals surface area contributed by atoms with Gasteiger partial charge < -0.3 is 14.9 Å². The van der Waals surface area contributed by atoms with Crippen LogP contribution in [0.5, 0.6) is 0 Å². The molecule has 1 N–H and O–H groups in total. The molecule has 1 aromatic heterocycles. The van der Waals surface area contributed by atoms with Gasteiger partial charge in [-0.2, -0.15) is 5.26 Å².